The number of nitrogens with zero attached hydrogens (tertiary/aromatic N) is 5. The summed E-state index contributed by atoms with van der Waals surface area (Å²) in [5, 5.41) is 2.29. The predicted octanol–water partition coefficient (Wildman–Crippen LogP) is 3.94. The van der Waals surface area contributed by atoms with Gasteiger partial charge < -0.3 is 9.64 Å². The maximum absolute atomic E-state index is 12.3. The molecule has 7 heteroatoms. The van der Waals surface area contributed by atoms with Crippen molar-refractivity contribution in [3.63, 3.8) is 0 Å². The van der Waals surface area contributed by atoms with Crippen LogP contribution in [-0.4, -0.2) is 64.6 Å². The van der Waals surface area contributed by atoms with E-state index >= 15 is 0 Å². The van der Waals surface area contributed by atoms with Gasteiger partial charge in [0.1, 0.15) is 5.75 Å². The topological polar surface area (TPSA) is 70.9 Å². The molecule has 0 atom stereocenters. The summed E-state index contributed by atoms with van der Waals surface area (Å²) in [6, 6.07) is 12.9. The predicted molar refractivity (Wildman–Crippen MR) is 132 cm³/mol. The van der Waals surface area contributed by atoms with E-state index in [4.69, 9.17) is 4.74 Å². The number of aromatic nitrogens is 2. The highest BCUT2D eigenvalue weighted by molar-refractivity contribution is 5.89. The lowest BCUT2D eigenvalue weighted by Crippen LogP contribution is -2.48. The van der Waals surface area contributed by atoms with Gasteiger partial charge in [-0.25, -0.2) is 9.97 Å². The molecule has 1 aromatic heterocycles. The Bertz CT molecular complexity index is 1270. The Morgan fingerprint density at radius 2 is 1.74 bits per heavy atom. The number of allylic oxidation sites excluding steroid dienone is 1. The monoisotopic (exact) mass is 453 g/mol. The van der Waals surface area contributed by atoms with Gasteiger partial charge in [0.25, 0.3) is 0 Å². The van der Waals surface area contributed by atoms with Gasteiger partial charge in [0.2, 0.25) is 5.91 Å². The number of ether oxygens (including phenoxy) is 1. The summed E-state index contributed by atoms with van der Waals surface area (Å²) in [6.45, 7) is 5.14. The molecule has 3 aromatic rings. The van der Waals surface area contributed by atoms with Gasteiger partial charge in [-0.3, -0.25) is 14.7 Å². The fourth-order valence-corrected chi connectivity index (χ4v) is 4.58. The molecule has 172 valence electrons. The molecule has 0 radical (unpaired) electrons. The van der Waals surface area contributed by atoms with Gasteiger partial charge in [0.15, 0.2) is 0 Å². The van der Waals surface area contributed by atoms with Gasteiger partial charge in [0, 0.05) is 62.8 Å². The van der Waals surface area contributed by atoms with E-state index in [0.29, 0.717) is 30.1 Å². The number of aliphatic imine (C=N–C) groups is 1. The van der Waals surface area contributed by atoms with Crippen molar-refractivity contribution in [2.45, 2.75) is 19.4 Å². The van der Waals surface area contributed by atoms with Crippen LogP contribution < -0.4 is 4.74 Å². The lowest BCUT2D eigenvalue weighted by Gasteiger charge is -2.35. The van der Waals surface area contributed by atoms with Crippen molar-refractivity contribution >= 4 is 28.5 Å². The summed E-state index contributed by atoms with van der Waals surface area (Å²) in [4.78, 5) is 29.6. The van der Waals surface area contributed by atoms with Crippen molar-refractivity contribution in [3.8, 4) is 11.8 Å². The Morgan fingerprint density at radius 1 is 0.971 bits per heavy atom. The standard InChI is InChI=1S/C27H27N5O2/c33-26(20-3-4-20)32-11-9-31(10-12-32)18-19-1-2-22-14-25(6-5-21(22)13-19)34-27-29-16-24(17-30-27)23-7-8-28-15-23/h1-2,5-8,13-14,16-17,20H,3-4,9-12,15,18H2. The lowest BCUT2D eigenvalue weighted by molar-refractivity contribution is -0.134. The average molecular weight is 454 g/mol. The summed E-state index contributed by atoms with van der Waals surface area (Å²) >= 11 is 0. The minimum atomic E-state index is 0.316. The van der Waals surface area contributed by atoms with Crippen LogP contribution in [0.1, 0.15) is 24.0 Å². The first-order valence-corrected chi connectivity index (χ1v) is 11.9. The fraction of sp³-hybridized carbons (Fsp3) is 0.333. The normalized spacial score (nSPS) is 18.4. The van der Waals surface area contributed by atoms with Crippen LogP contribution in [0.2, 0.25) is 0 Å². The summed E-state index contributed by atoms with van der Waals surface area (Å²) in [6.07, 6.45) is 9.49. The summed E-state index contributed by atoms with van der Waals surface area (Å²) < 4.78 is 5.89. The number of benzene rings is 2. The number of carbonyl (C=O) groups excluding carboxylic acids is 1. The zero-order chi connectivity index (χ0) is 22.9. The number of rotatable bonds is 6. The van der Waals surface area contributed by atoms with Crippen LogP contribution in [0.25, 0.3) is 16.3 Å². The van der Waals surface area contributed by atoms with Crippen LogP contribution in [-0.2, 0) is 11.3 Å². The van der Waals surface area contributed by atoms with E-state index in [9.17, 15) is 4.79 Å². The Morgan fingerprint density at radius 3 is 2.47 bits per heavy atom. The Hall–Kier alpha value is -3.58. The minimum absolute atomic E-state index is 0.316. The molecule has 0 bridgehead atoms. The van der Waals surface area contributed by atoms with Crippen molar-refractivity contribution < 1.29 is 9.53 Å². The number of piperazine rings is 1. The molecule has 7 nitrogen and oxygen atoms in total. The van der Waals surface area contributed by atoms with Gasteiger partial charge in [-0.1, -0.05) is 18.2 Å². The van der Waals surface area contributed by atoms with Crippen LogP contribution in [0.4, 0.5) is 0 Å². The second-order valence-electron chi connectivity index (χ2n) is 9.26. The van der Waals surface area contributed by atoms with E-state index in [1.165, 1.54) is 10.9 Å². The van der Waals surface area contributed by atoms with Crippen LogP contribution in [0.3, 0.4) is 0 Å². The maximum atomic E-state index is 12.3. The molecule has 3 heterocycles. The highest BCUT2D eigenvalue weighted by Crippen LogP contribution is 2.31. The molecule has 6 rings (SSSR count). The molecule has 1 amide bonds. The molecule has 1 saturated carbocycles. The zero-order valence-electron chi connectivity index (χ0n) is 19.1. The highest BCUT2D eigenvalue weighted by atomic mass is 16.5. The van der Waals surface area contributed by atoms with E-state index in [2.05, 4.69) is 44.1 Å². The molecule has 34 heavy (non-hydrogen) atoms. The van der Waals surface area contributed by atoms with E-state index in [0.717, 1.165) is 62.1 Å². The fourth-order valence-electron chi connectivity index (χ4n) is 4.58. The molecule has 0 spiro atoms. The van der Waals surface area contributed by atoms with Gasteiger partial charge in [-0.2, -0.15) is 0 Å². The van der Waals surface area contributed by atoms with Crippen molar-refractivity contribution in [2.24, 2.45) is 10.9 Å². The molecule has 2 fully saturated rings. The molecule has 0 N–H and O–H groups in total. The van der Waals surface area contributed by atoms with Crippen molar-refractivity contribution in [1.82, 2.24) is 19.8 Å². The van der Waals surface area contributed by atoms with Crippen LogP contribution in [0, 0.1) is 5.92 Å². The van der Waals surface area contributed by atoms with E-state index in [1.54, 1.807) is 18.6 Å². The molecule has 0 unspecified atom stereocenters. The molecule has 1 aliphatic carbocycles. The van der Waals surface area contributed by atoms with Crippen LogP contribution in [0.15, 0.2) is 59.9 Å². The largest absolute Gasteiger partial charge is 0.424 e. The number of amides is 1. The van der Waals surface area contributed by atoms with E-state index < -0.39 is 0 Å². The van der Waals surface area contributed by atoms with Gasteiger partial charge >= 0.3 is 6.01 Å². The molecule has 2 aromatic carbocycles. The quantitative estimate of drug-likeness (QED) is 0.565. The first-order valence-electron chi connectivity index (χ1n) is 11.9. The van der Waals surface area contributed by atoms with Gasteiger partial charge in [-0.15, -0.1) is 0 Å². The van der Waals surface area contributed by atoms with Crippen molar-refractivity contribution in [3.05, 3.63) is 66.0 Å². The highest BCUT2D eigenvalue weighted by Gasteiger charge is 2.34. The molecule has 3 aliphatic rings. The molecular formula is C27H27N5O2. The third-order valence-electron chi connectivity index (χ3n) is 6.74. The smallest absolute Gasteiger partial charge is 0.321 e. The number of hydrogen-bond donors (Lipinski definition) is 0. The zero-order valence-corrected chi connectivity index (χ0v) is 19.1. The molecule has 2 aliphatic heterocycles. The summed E-state index contributed by atoms with van der Waals surface area (Å²) in [7, 11) is 0. The van der Waals surface area contributed by atoms with Crippen LogP contribution >= 0.6 is 0 Å². The number of carbonyl (C=O) groups is 1. The molecular weight excluding hydrogens is 426 g/mol. The van der Waals surface area contributed by atoms with Gasteiger partial charge in [0.05, 0.1) is 6.54 Å². The van der Waals surface area contributed by atoms with Crippen molar-refractivity contribution in [2.75, 3.05) is 32.7 Å². The lowest BCUT2D eigenvalue weighted by atomic mass is 10.1. The van der Waals surface area contributed by atoms with E-state index in [1.807, 2.05) is 23.1 Å². The average Bonchev–Trinajstić information content (AvgIpc) is 3.58. The first kappa shape index (κ1) is 21.0. The third-order valence-corrected chi connectivity index (χ3v) is 6.74. The van der Waals surface area contributed by atoms with Gasteiger partial charge in [-0.05, 0) is 59.0 Å². The van der Waals surface area contributed by atoms with E-state index in [-0.39, 0.29) is 0 Å². The Labute approximate surface area is 198 Å². The minimum Gasteiger partial charge on any atom is -0.424 e. The second kappa shape index (κ2) is 8.99. The van der Waals surface area contributed by atoms with Crippen LogP contribution in [0.5, 0.6) is 11.8 Å². The third kappa shape index (κ3) is 4.56. The SMILES string of the molecule is O=C(C1CC1)N1CCN(Cc2ccc3cc(Oc4ncc(C5=CC=NC5)cn4)ccc3c2)CC1. The Balaban J connectivity index is 1.08. The first-order chi connectivity index (χ1) is 16.7. The number of fused-ring (bicyclic) bond motifs is 1. The maximum Gasteiger partial charge on any atom is 0.321 e. The summed E-state index contributed by atoms with van der Waals surface area (Å²) in [5.74, 6) is 1.40. The molecule has 1 saturated heterocycles. The summed E-state index contributed by atoms with van der Waals surface area (Å²) in [5.41, 5.74) is 3.36. The Kier molecular flexibility index (Phi) is 5.55. The van der Waals surface area contributed by atoms with Crippen molar-refractivity contribution in [1.29, 1.82) is 0 Å². The number of hydrogen-bond acceptors (Lipinski definition) is 6. The second-order valence-corrected chi connectivity index (χ2v) is 9.26.